The Balaban J connectivity index is 1.52. The Labute approximate surface area is 180 Å². The number of hydrogen-bond acceptors (Lipinski definition) is 9. The third kappa shape index (κ3) is 3.66. The van der Waals surface area contributed by atoms with Crippen LogP contribution in [0.4, 0.5) is 16.6 Å². The Morgan fingerprint density at radius 2 is 1.74 bits per heavy atom. The minimum Gasteiger partial charge on any atom is -0.493 e. The summed E-state index contributed by atoms with van der Waals surface area (Å²) in [6.45, 7) is 4.92. The molecule has 1 atom stereocenters. The Bertz CT molecular complexity index is 1020. The number of fused-ring (bicyclic) bond motifs is 1. The third-order valence-electron chi connectivity index (χ3n) is 5.84. The van der Waals surface area contributed by atoms with Crippen LogP contribution in [-0.2, 0) is 9.53 Å². The van der Waals surface area contributed by atoms with Crippen LogP contribution in [0.2, 0.25) is 0 Å². The van der Waals surface area contributed by atoms with Gasteiger partial charge >= 0.3 is 6.09 Å². The Morgan fingerprint density at radius 1 is 1.10 bits per heavy atom. The van der Waals surface area contributed by atoms with Gasteiger partial charge in [0.25, 0.3) is 5.91 Å². The average molecular weight is 429 g/mol. The highest BCUT2D eigenvalue weighted by molar-refractivity contribution is 6.00. The van der Waals surface area contributed by atoms with Crippen molar-refractivity contribution in [1.82, 2.24) is 14.9 Å². The molecule has 3 heterocycles. The first-order valence-corrected chi connectivity index (χ1v) is 10.3. The largest absolute Gasteiger partial charge is 0.493 e. The first-order valence-electron chi connectivity index (χ1n) is 10.3. The van der Waals surface area contributed by atoms with E-state index in [9.17, 15) is 9.59 Å². The maximum Gasteiger partial charge on any atom is 0.417 e. The minimum atomic E-state index is -0.693. The molecule has 1 aromatic heterocycles. The minimum absolute atomic E-state index is 0.0499. The first kappa shape index (κ1) is 21.0. The van der Waals surface area contributed by atoms with Crippen LogP contribution in [0.5, 0.6) is 11.5 Å². The van der Waals surface area contributed by atoms with Crippen molar-refractivity contribution in [2.75, 3.05) is 37.9 Å². The number of carbonyl (C=O) groups is 2. The first-order chi connectivity index (χ1) is 14.8. The number of ether oxygens (including phenoxy) is 3. The Morgan fingerprint density at radius 3 is 2.32 bits per heavy atom. The van der Waals surface area contributed by atoms with E-state index in [1.807, 2.05) is 18.7 Å². The third-order valence-corrected chi connectivity index (χ3v) is 5.84. The van der Waals surface area contributed by atoms with Gasteiger partial charge in [-0.3, -0.25) is 4.79 Å². The summed E-state index contributed by atoms with van der Waals surface area (Å²) in [7, 11) is 3.12. The number of rotatable bonds is 5. The second kappa shape index (κ2) is 8.09. The molecule has 2 amide bonds. The molecule has 2 aromatic rings. The lowest BCUT2D eigenvalue weighted by Gasteiger charge is -2.35. The van der Waals surface area contributed by atoms with E-state index in [0.717, 1.165) is 0 Å². The molecule has 0 spiro atoms. The number of carbonyl (C=O) groups excluding carboxylic acids is 2. The molecule has 1 aromatic carbocycles. The monoisotopic (exact) mass is 429 g/mol. The molecule has 31 heavy (non-hydrogen) atoms. The number of piperidine rings is 1. The number of anilines is 2. The van der Waals surface area contributed by atoms with Crippen molar-refractivity contribution >= 4 is 34.7 Å². The van der Waals surface area contributed by atoms with Gasteiger partial charge in [-0.05, 0) is 24.8 Å². The maximum atomic E-state index is 12.6. The van der Waals surface area contributed by atoms with E-state index in [4.69, 9.17) is 19.9 Å². The fourth-order valence-corrected chi connectivity index (χ4v) is 4.13. The standard InChI is InChI=1S/C21H27N5O5/c1-11(2)17-19(27)26(21(28)31-17)12-5-7-25(8-6-12)20-23-14-10-16(30-4)15(29-3)9-13(14)18(22)24-20/h9-12,17H,5-8H2,1-4H3,(H2,22,23,24). The summed E-state index contributed by atoms with van der Waals surface area (Å²) in [5.41, 5.74) is 6.85. The molecule has 0 aliphatic carbocycles. The van der Waals surface area contributed by atoms with Crippen molar-refractivity contribution in [2.24, 2.45) is 5.92 Å². The van der Waals surface area contributed by atoms with Crippen molar-refractivity contribution < 1.29 is 23.8 Å². The molecule has 2 saturated heterocycles. The molecule has 4 rings (SSSR count). The molecule has 0 radical (unpaired) electrons. The molecular weight excluding hydrogens is 402 g/mol. The topological polar surface area (TPSA) is 120 Å². The van der Waals surface area contributed by atoms with Gasteiger partial charge in [0.15, 0.2) is 17.6 Å². The lowest BCUT2D eigenvalue weighted by molar-refractivity contribution is -0.132. The molecule has 10 nitrogen and oxygen atoms in total. The van der Waals surface area contributed by atoms with E-state index in [1.165, 1.54) is 4.90 Å². The van der Waals surface area contributed by atoms with E-state index < -0.39 is 12.2 Å². The molecule has 2 N–H and O–H groups in total. The van der Waals surface area contributed by atoms with Crippen LogP contribution in [-0.4, -0.2) is 66.3 Å². The lowest BCUT2D eigenvalue weighted by atomic mass is 10.0. The number of cyclic esters (lactones) is 1. The number of methoxy groups -OCH3 is 2. The van der Waals surface area contributed by atoms with Crippen LogP contribution >= 0.6 is 0 Å². The molecule has 166 valence electrons. The zero-order valence-corrected chi connectivity index (χ0v) is 18.1. The van der Waals surface area contributed by atoms with E-state index >= 15 is 0 Å². The SMILES string of the molecule is COc1cc2nc(N3CCC(N4C(=O)OC(C(C)C)C4=O)CC3)nc(N)c2cc1OC. The summed E-state index contributed by atoms with van der Waals surface area (Å²) < 4.78 is 16.0. The van der Waals surface area contributed by atoms with Crippen LogP contribution in [0.25, 0.3) is 10.9 Å². The summed E-state index contributed by atoms with van der Waals surface area (Å²) in [4.78, 5) is 37.3. The van der Waals surface area contributed by atoms with Crippen molar-refractivity contribution in [3.05, 3.63) is 12.1 Å². The van der Waals surface area contributed by atoms with Gasteiger partial charge in [-0.15, -0.1) is 0 Å². The van der Waals surface area contributed by atoms with Gasteiger partial charge in [-0.1, -0.05) is 13.8 Å². The molecule has 10 heteroatoms. The molecule has 0 saturated carbocycles. The number of benzene rings is 1. The van der Waals surface area contributed by atoms with Crippen molar-refractivity contribution in [3.63, 3.8) is 0 Å². The highest BCUT2D eigenvalue weighted by Crippen LogP contribution is 2.35. The number of imide groups is 1. The molecule has 2 fully saturated rings. The molecule has 0 bridgehead atoms. The Hall–Kier alpha value is -3.30. The highest BCUT2D eigenvalue weighted by atomic mass is 16.6. The van der Waals surface area contributed by atoms with Gasteiger partial charge in [0.1, 0.15) is 5.82 Å². The van der Waals surface area contributed by atoms with Crippen LogP contribution < -0.4 is 20.1 Å². The number of nitrogen functional groups attached to an aromatic ring is 1. The quantitative estimate of drug-likeness (QED) is 0.762. The van der Waals surface area contributed by atoms with Gasteiger partial charge in [0.05, 0.1) is 19.7 Å². The summed E-state index contributed by atoms with van der Waals surface area (Å²) in [5.74, 6) is 1.67. The number of aromatic nitrogens is 2. The fourth-order valence-electron chi connectivity index (χ4n) is 4.13. The molecule has 2 aliphatic rings. The number of nitrogens with zero attached hydrogens (tertiary/aromatic N) is 4. The van der Waals surface area contributed by atoms with Crippen LogP contribution in [0, 0.1) is 5.92 Å². The second-order valence-corrected chi connectivity index (χ2v) is 8.11. The van der Waals surface area contributed by atoms with Crippen molar-refractivity contribution in [3.8, 4) is 11.5 Å². The molecule has 1 unspecified atom stereocenters. The van der Waals surface area contributed by atoms with E-state index in [-0.39, 0.29) is 17.9 Å². The summed E-state index contributed by atoms with van der Waals surface area (Å²) in [5, 5.41) is 0.682. The number of hydrogen-bond donors (Lipinski definition) is 1. The van der Waals surface area contributed by atoms with Crippen molar-refractivity contribution in [1.29, 1.82) is 0 Å². The highest BCUT2D eigenvalue weighted by Gasteiger charge is 2.46. The Kier molecular flexibility index (Phi) is 5.47. The van der Waals surface area contributed by atoms with Gasteiger partial charge in [-0.25, -0.2) is 14.7 Å². The van der Waals surface area contributed by atoms with Gasteiger partial charge in [-0.2, -0.15) is 4.98 Å². The predicted molar refractivity (Wildman–Crippen MR) is 114 cm³/mol. The van der Waals surface area contributed by atoms with Gasteiger partial charge < -0.3 is 24.8 Å². The summed E-state index contributed by atoms with van der Waals surface area (Å²) in [6.07, 6.45) is -0.0202. The van der Waals surface area contributed by atoms with Crippen LogP contribution in [0.1, 0.15) is 26.7 Å². The zero-order chi connectivity index (χ0) is 22.3. The van der Waals surface area contributed by atoms with Crippen LogP contribution in [0.15, 0.2) is 12.1 Å². The summed E-state index contributed by atoms with van der Waals surface area (Å²) in [6, 6.07) is 3.34. The van der Waals surface area contributed by atoms with E-state index in [0.29, 0.717) is 60.1 Å². The van der Waals surface area contributed by atoms with Crippen molar-refractivity contribution in [2.45, 2.75) is 38.8 Å². The fraction of sp³-hybridized carbons (Fsp3) is 0.524. The van der Waals surface area contributed by atoms with E-state index in [1.54, 1.807) is 26.4 Å². The zero-order valence-electron chi connectivity index (χ0n) is 18.1. The van der Waals surface area contributed by atoms with Gasteiger partial charge in [0.2, 0.25) is 5.95 Å². The number of amides is 2. The number of nitrogens with two attached hydrogens (primary N) is 1. The van der Waals surface area contributed by atoms with Crippen LogP contribution in [0.3, 0.4) is 0 Å². The average Bonchev–Trinajstić information content (AvgIpc) is 3.07. The van der Waals surface area contributed by atoms with Gasteiger partial charge in [0, 0.05) is 30.6 Å². The second-order valence-electron chi connectivity index (χ2n) is 8.11. The normalized spacial score (nSPS) is 20.0. The molecule has 2 aliphatic heterocycles. The lowest BCUT2D eigenvalue weighted by Crippen LogP contribution is -2.48. The molecular formula is C21H27N5O5. The summed E-state index contributed by atoms with van der Waals surface area (Å²) >= 11 is 0. The maximum absolute atomic E-state index is 12.6. The van der Waals surface area contributed by atoms with E-state index in [2.05, 4.69) is 9.97 Å². The smallest absolute Gasteiger partial charge is 0.417 e. The predicted octanol–water partition coefficient (Wildman–Crippen LogP) is 2.20.